The van der Waals surface area contributed by atoms with Gasteiger partial charge in [-0.25, -0.2) is 0 Å². The molecule has 2 rings (SSSR count). The lowest BCUT2D eigenvalue weighted by molar-refractivity contribution is -0.385. The number of nitrogens with zero attached hydrogens (tertiary/aromatic N) is 2. The van der Waals surface area contributed by atoms with Crippen LogP contribution >= 0.6 is 0 Å². The molecule has 1 aromatic carbocycles. The van der Waals surface area contributed by atoms with Crippen LogP contribution < -0.4 is 14.8 Å². The number of rotatable bonds is 6. The number of benzene rings is 1. The quantitative estimate of drug-likeness (QED) is 0.469. The number of carbonyl (C=O) groups is 1. The summed E-state index contributed by atoms with van der Waals surface area (Å²) in [5, 5.41) is 14.4. The molecule has 120 valence electrons. The third-order valence-corrected chi connectivity index (χ3v) is 3.55. The third kappa shape index (κ3) is 3.52. The van der Waals surface area contributed by atoms with Crippen LogP contribution in [0.4, 0.5) is 5.69 Å². The zero-order valence-corrected chi connectivity index (χ0v) is 12.6. The summed E-state index contributed by atoms with van der Waals surface area (Å²) in [5.74, 6) is 0.0255. The molecule has 0 spiro atoms. The number of Topliss-reactive ketones (excluding diaryl/α,β-unsaturated/α-hetero) is 1. The van der Waals surface area contributed by atoms with Crippen molar-refractivity contribution in [1.29, 1.82) is 0 Å². The Bertz CT molecular complexity index is 570. The van der Waals surface area contributed by atoms with Crippen molar-refractivity contribution in [2.45, 2.75) is 0 Å². The Morgan fingerprint density at radius 3 is 2.55 bits per heavy atom. The maximum Gasteiger partial charge on any atom is 0.315 e. The summed E-state index contributed by atoms with van der Waals surface area (Å²) >= 11 is 0. The maximum absolute atomic E-state index is 12.4. The molecule has 1 fully saturated rings. The fourth-order valence-electron chi connectivity index (χ4n) is 2.40. The maximum atomic E-state index is 12.4. The van der Waals surface area contributed by atoms with E-state index in [2.05, 4.69) is 5.32 Å². The van der Waals surface area contributed by atoms with E-state index in [0.717, 1.165) is 26.2 Å². The molecule has 0 bridgehead atoms. The first-order valence-corrected chi connectivity index (χ1v) is 6.93. The molecule has 1 saturated heterocycles. The lowest BCUT2D eigenvalue weighted by Gasteiger charge is -2.26. The molecular weight excluding hydrogens is 290 g/mol. The van der Waals surface area contributed by atoms with Crippen LogP contribution in [0.5, 0.6) is 11.5 Å². The van der Waals surface area contributed by atoms with E-state index in [4.69, 9.17) is 9.47 Å². The lowest BCUT2D eigenvalue weighted by Crippen LogP contribution is -2.45. The highest BCUT2D eigenvalue weighted by atomic mass is 16.6. The number of hydrogen-bond acceptors (Lipinski definition) is 7. The largest absolute Gasteiger partial charge is 0.493 e. The molecule has 1 heterocycles. The van der Waals surface area contributed by atoms with Gasteiger partial charge in [0, 0.05) is 37.8 Å². The van der Waals surface area contributed by atoms with E-state index < -0.39 is 4.92 Å². The zero-order valence-electron chi connectivity index (χ0n) is 12.6. The smallest absolute Gasteiger partial charge is 0.315 e. The number of hydrogen-bond donors (Lipinski definition) is 1. The second-order valence-corrected chi connectivity index (χ2v) is 4.94. The van der Waals surface area contributed by atoms with Crippen molar-refractivity contribution in [3.63, 3.8) is 0 Å². The number of ether oxygens (including phenoxy) is 2. The molecule has 0 radical (unpaired) electrons. The Kier molecular flexibility index (Phi) is 5.29. The second kappa shape index (κ2) is 7.19. The van der Waals surface area contributed by atoms with Gasteiger partial charge in [0.1, 0.15) is 0 Å². The van der Waals surface area contributed by atoms with Crippen LogP contribution in [-0.2, 0) is 0 Å². The van der Waals surface area contributed by atoms with E-state index in [0.29, 0.717) is 0 Å². The van der Waals surface area contributed by atoms with Gasteiger partial charge in [-0.3, -0.25) is 19.8 Å². The van der Waals surface area contributed by atoms with Crippen molar-refractivity contribution in [3.05, 3.63) is 27.8 Å². The summed E-state index contributed by atoms with van der Waals surface area (Å²) in [7, 11) is 2.71. The topological polar surface area (TPSA) is 93.9 Å². The highest BCUT2D eigenvalue weighted by Gasteiger charge is 2.24. The first-order valence-electron chi connectivity index (χ1n) is 6.93. The van der Waals surface area contributed by atoms with E-state index in [9.17, 15) is 14.9 Å². The van der Waals surface area contributed by atoms with Gasteiger partial charge in [-0.15, -0.1) is 0 Å². The summed E-state index contributed by atoms with van der Waals surface area (Å²) in [6.07, 6.45) is 0. The molecule has 0 aromatic heterocycles. The Morgan fingerprint density at radius 1 is 1.32 bits per heavy atom. The number of nitrogens with one attached hydrogen (secondary N) is 1. The summed E-state index contributed by atoms with van der Waals surface area (Å²) in [6, 6.07) is 2.72. The Morgan fingerprint density at radius 2 is 2.00 bits per heavy atom. The van der Waals surface area contributed by atoms with Gasteiger partial charge in [0.2, 0.25) is 5.75 Å². The standard InChI is InChI=1S/C14H19N3O5/c1-21-13-8-10(7-11(17(19)20)14(13)22-2)12(18)9-16-5-3-15-4-6-16/h7-8,15H,3-6,9H2,1-2H3. The van der Waals surface area contributed by atoms with Gasteiger partial charge in [-0.05, 0) is 6.07 Å². The molecule has 1 aliphatic heterocycles. The van der Waals surface area contributed by atoms with Gasteiger partial charge in [0.25, 0.3) is 0 Å². The van der Waals surface area contributed by atoms with Crippen molar-refractivity contribution in [1.82, 2.24) is 10.2 Å². The minimum atomic E-state index is -0.580. The van der Waals surface area contributed by atoms with Gasteiger partial charge >= 0.3 is 5.69 Å². The van der Waals surface area contributed by atoms with E-state index in [1.807, 2.05) is 4.90 Å². The number of nitro benzene ring substituents is 1. The van der Waals surface area contributed by atoms with Gasteiger partial charge in [-0.1, -0.05) is 0 Å². The molecule has 1 aromatic rings. The van der Waals surface area contributed by atoms with Crippen LogP contribution in [-0.4, -0.2) is 62.5 Å². The summed E-state index contributed by atoms with van der Waals surface area (Å²) in [6.45, 7) is 3.45. The Hall–Kier alpha value is -2.19. The van der Waals surface area contributed by atoms with Crippen molar-refractivity contribution >= 4 is 11.5 Å². The minimum absolute atomic E-state index is 0.0197. The predicted octanol–water partition coefficient (Wildman–Crippen LogP) is 0.700. The molecule has 0 saturated carbocycles. The SMILES string of the molecule is COc1cc(C(=O)CN2CCNCC2)cc([N+](=O)[O-])c1OC. The lowest BCUT2D eigenvalue weighted by atomic mass is 10.1. The summed E-state index contributed by atoms with van der Waals surface area (Å²) in [4.78, 5) is 25.0. The summed E-state index contributed by atoms with van der Waals surface area (Å²) < 4.78 is 10.1. The summed E-state index contributed by atoms with van der Waals surface area (Å²) in [5.41, 5.74) is -0.0200. The fraction of sp³-hybridized carbons (Fsp3) is 0.500. The predicted molar refractivity (Wildman–Crippen MR) is 79.8 cm³/mol. The molecule has 0 atom stereocenters. The third-order valence-electron chi connectivity index (χ3n) is 3.55. The molecule has 8 nitrogen and oxygen atoms in total. The zero-order chi connectivity index (χ0) is 16.1. The molecule has 1 N–H and O–H groups in total. The van der Waals surface area contributed by atoms with Crippen LogP contribution in [0.25, 0.3) is 0 Å². The van der Waals surface area contributed by atoms with Gasteiger partial charge in [0.05, 0.1) is 25.7 Å². The Balaban J connectivity index is 2.27. The van der Waals surface area contributed by atoms with E-state index >= 15 is 0 Å². The number of methoxy groups -OCH3 is 2. The second-order valence-electron chi connectivity index (χ2n) is 4.94. The van der Waals surface area contributed by atoms with Crippen LogP contribution in [0.1, 0.15) is 10.4 Å². The van der Waals surface area contributed by atoms with Crippen molar-refractivity contribution in [2.24, 2.45) is 0 Å². The number of nitro groups is 1. The van der Waals surface area contributed by atoms with Crippen LogP contribution in [0.2, 0.25) is 0 Å². The Labute approximate surface area is 128 Å². The monoisotopic (exact) mass is 309 g/mol. The number of piperazine rings is 1. The molecule has 0 aliphatic carbocycles. The highest BCUT2D eigenvalue weighted by Crippen LogP contribution is 2.38. The average molecular weight is 309 g/mol. The molecular formula is C14H19N3O5. The normalized spacial score (nSPS) is 15.4. The first-order chi connectivity index (χ1) is 10.6. The molecule has 0 amide bonds. The molecule has 8 heteroatoms. The van der Waals surface area contributed by atoms with Gasteiger partial charge in [0.15, 0.2) is 11.5 Å². The van der Waals surface area contributed by atoms with E-state index in [1.165, 1.54) is 26.4 Å². The van der Waals surface area contributed by atoms with Gasteiger partial charge < -0.3 is 14.8 Å². The minimum Gasteiger partial charge on any atom is -0.493 e. The average Bonchev–Trinajstić information content (AvgIpc) is 2.54. The van der Waals surface area contributed by atoms with Gasteiger partial charge in [-0.2, -0.15) is 0 Å². The van der Waals surface area contributed by atoms with E-state index in [1.54, 1.807) is 0 Å². The number of ketones is 1. The molecule has 1 aliphatic rings. The van der Waals surface area contributed by atoms with Crippen molar-refractivity contribution in [2.75, 3.05) is 46.9 Å². The molecule has 22 heavy (non-hydrogen) atoms. The van der Waals surface area contributed by atoms with Crippen LogP contribution in [0, 0.1) is 10.1 Å². The van der Waals surface area contributed by atoms with Crippen LogP contribution in [0.15, 0.2) is 12.1 Å². The van der Waals surface area contributed by atoms with Crippen LogP contribution in [0.3, 0.4) is 0 Å². The highest BCUT2D eigenvalue weighted by molar-refractivity contribution is 5.99. The van der Waals surface area contributed by atoms with E-state index in [-0.39, 0.29) is 35.1 Å². The number of carbonyl (C=O) groups excluding carboxylic acids is 1. The van der Waals surface area contributed by atoms with Crippen molar-refractivity contribution < 1.29 is 19.2 Å². The first kappa shape index (κ1) is 16.2. The van der Waals surface area contributed by atoms with Crippen molar-refractivity contribution in [3.8, 4) is 11.5 Å². The fourth-order valence-corrected chi connectivity index (χ4v) is 2.40. The molecule has 0 unspecified atom stereocenters.